The largest absolute Gasteiger partial charge is 0.497 e. The number of H-pyrrole nitrogens is 1. The normalized spacial score (nSPS) is 20.1. The molecule has 0 bridgehead atoms. The second kappa shape index (κ2) is 8.49. The van der Waals surface area contributed by atoms with E-state index in [1.54, 1.807) is 18.6 Å². The number of carbonyl (C=O) groups is 1. The summed E-state index contributed by atoms with van der Waals surface area (Å²) in [5.74, 6) is -0.230. The number of hydrogen-bond acceptors (Lipinski definition) is 5. The number of amides is 1. The maximum atomic E-state index is 14.1. The van der Waals surface area contributed by atoms with Crippen LogP contribution in [0.3, 0.4) is 0 Å². The van der Waals surface area contributed by atoms with Crippen molar-refractivity contribution in [1.82, 2.24) is 20.2 Å². The van der Waals surface area contributed by atoms with Gasteiger partial charge in [-0.2, -0.15) is 0 Å². The van der Waals surface area contributed by atoms with Crippen LogP contribution >= 0.6 is 0 Å². The number of imidazole rings is 1. The smallest absolute Gasteiger partial charge is 0.256 e. The van der Waals surface area contributed by atoms with E-state index < -0.39 is 11.4 Å². The summed E-state index contributed by atoms with van der Waals surface area (Å²) in [5.41, 5.74) is -0.111. The number of carbonyl (C=O) groups excluding carboxylic acids is 1. The molecule has 1 saturated heterocycles. The Morgan fingerprint density at radius 3 is 3.07 bits per heavy atom. The zero-order valence-electron chi connectivity index (χ0n) is 15.4. The van der Waals surface area contributed by atoms with Crippen LogP contribution in [-0.4, -0.2) is 58.2 Å². The van der Waals surface area contributed by atoms with E-state index >= 15 is 0 Å². The van der Waals surface area contributed by atoms with E-state index in [0.717, 1.165) is 12.1 Å². The molecule has 1 fully saturated rings. The summed E-state index contributed by atoms with van der Waals surface area (Å²) in [6, 6.07) is 4.45. The van der Waals surface area contributed by atoms with Gasteiger partial charge in [0.25, 0.3) is 5.91 Å². The number of hydrogen-bond donors (Lipinski definition) is 3. The highest BCUT2D eigenvalue weighted by molar-refractivity contribution is 5.86. The number of benzene rings is 1. The molecule has 1 amide bonds. The number of likely N-dealkylation sites (tertiary alicyclic amines) is 1. The molecule has 2 aromatic rings. The second-order valence-corrected chi connectivity index (χ2v) is 6.82. The molecule has 1 aliphatic heterocycles. The third kappa shape index (κ3) is 4.64. The molecule has 0 spiro atoms. The minimum Gasteiger partial charge on any atom is -0.497 e. The molecule has 3 N–H and O–H groups in total. The summed E-state index contributed by atoms with van der Waals surface area (Å²) >= 11 is 0. The molecule has 1 aromatic carbocycles. The fourth-order valence-electron chi connectivity index (χ4n) is 3.32. The molecule has 1 aliphatic rings. The molecule has 0 saturated carbocycles. The van der Waals surface area contributed by atoms with Crippen molar-refractivity contribution in [2.75, 3.05) is 26.7 Å². The molecule has 0 radical (unpaired) electrons. The molecule has 1 atom stereocenters. The number of halogens is 1. The predicted octanol–water partition coefficient (Wildman–Crippen LogP) is 1.24. The number of aromatic nitrogens is 2. The van der Waals surface area contributed by atoms with Gasteiger partial charge in [0.05, 0.1) is 13.4 Å². The van der Waals surface area contributed by atoms with Gasteiger partial charge in [0.15, 0.2) is 5.60 Å². The molecule has 3 rings (SSSR count). The molecule has 7 nitrogen and oxygen atoms in total. The Morgan fingerprint density at radius 1 is 1.48 bits per heavy atom. The van der Waals surface area contributed by atoms with Gasteiger partial charge in [-0.05, 0) is 31.0 Å². The summed E-state index contributed by atoms with van der Waals surface area (Å²) in [4.78, 5) is 21.3. The summed E-state index contributed by atoms with van der Waals surface area (Å²) in [5, 5.41) is 14.0. The van der Waals surface area contributed by atoms with Gasteiger partial charge in [-0.3, -0.25) is 4.79 Å². The van der Waals surface area contributed by atoms with E-state index in [0.29, 0.717) is 37.2 Å². The standard InChI is InChI=1S/C19H25FN4O3/c1-27-16-3-4-17(20)14(9-16)11-24-8-2-6-19(26,18(24)25)12-21-7-5-15-10-22-13-23-15/h3-4,9-10,13,21,26H,2,5-8,11-12H2,1H3,(H,22,23)/t19-/m0/s1. The Labute approximate surface area is 157 Å². The number of piperidine rings is 1. The Balaban J connectivity index is 1.59. The highest BCUT2D eigenvalue weighted by Gasteiger charge is 2.41. The minimum absolute atomic E-state index is 0.109. The van der Waals surface area contributed by atoms with Crippen molar-refractivity contribution in [1.29, 1.82) is 0 Å². The minimum atomic E-state index is -1.47. The van der Waals surface area contributed by atoms with Crippen molar-refractivity contribution < 1.29 is 19.0 Å². The monoisotopic (exact) mass is 376 g/mol. The number of aromatic amines is 1. The Bertz CT molecular complexity index is 768. The topological polar surface area (TPSA) is 90.5 Å². The molecule has 0 aliphatic carbocycles. The quantitative estimate of drug-likeness (QED) is 0.603. The van der Waals surface area contributed by atoms with Crippen LogP contribution in [0.4, 0.5) is 4.39 Å². The van der Waals surface area contributed by atoms with Crippen LogP contribution in [0.25, 0.3) is 0 Å². The number of aliphatic hydroxyl groups is 1. The highest BCUT2D eigenvalue weighted by Crippen LogP contribution is 2.25. The zero-order chi connectivity index (χ0) is 19.3. The lowest BCUT2D eigenvalue weighted by atomic mass is 9.91. The molecular weight excluding hydrogens is 351 g/mol. The zero-order valence-corrected chi connectivity index (χ0v) is 15.4. The van der Waals surface area contributed by atoms with Gasteiger partial charge in [-0.25, -0.2) is 9.37 Å². The number of nitrogens with zero attached hydrogens (tertiary/aromatic N) is 2. The molecular formula is C19H25FN4O3. The Morgan fingerprint density at radius 2 is 2.33 bits per heavy atom. The summed E-state index contributed by atoms with van der Waals surface area (Å²) in [6.07, 6.45) is 5.13. The SMILES string of the molecule is COc1ccc(F)c(CN2CCC[C@](O)(CNCCc3cnc[nH]3)C2=O)c1. The van der Waals surface area contributed by atoms with Gasteiger partial charge >= 0.3 is 0 Å². The van der Waals surface area contributed by atoms with Crippen LogP contribution in [0, 0.1) is 5.82 Å². The first-order chi connectivity index (χ1) is 13.0. The summed E-state index contributed by atoms with van der Waals surface area (Å²) in [6.45, 7) is 1.38. The van der Waals surface area contributed by atoms with Crippen molar-refractivity contribution in [2.24, 2.45) is 0 Å². The van der Waals surface area contributed by atoms with E-state index in [-0.39, 0.29) is 19.0 Å². The predicted molar refractivity (Wildman–Crippen MR) is 97.7 cm³/mol. The maximum absolute atomic E-state index is 14.1. The van der Waals surface area contributed by atoms with E-state index in [2.05, 4.69) is 15.3 Å². The van der Waals surface area contributed by atoms with Crippen molar-refractivity contribution in [3.05, 3.63) is 47.8 Å². The Kier molecular flexibility index (Phi) is 6.08. The van der Waals surface area contributed by atoms with E-state index in [1.807, 2.05) is 0 Å². The lowest BCUT2D eigenvalue weighted by Gasteiger charge is -2.38. The van der Waals surface area contributed by atoms with Crippen molar-refractivity contribution in [2.45, 2.75) is 31.4 Å². The lowest BCUT2D eigenvalue weighted by molar-refractivity contribution is -0.157. The van der Waals surface area contributed by atoms with Crippen LogP contribution in [0.5, 0.6) is 5.75 Å². The van der Waals surface area contributed by atoms with Gasteiger partial charge < -0.3 is 25.0 Å². The third-order valence-electron chi connectivity index (χ3n) is 4.86. The first kappa shape index (κ1) is 19.3. The first-order valence-electron chi connectivity index (χ1n) is 9.04. The van der Waals surface area contributed by atoms with E-state index in [9.17, 15) is 14.3 Å². The number of methoxy groups -OCH3 is 1. The van der Waals surface area contributed by atoms with Crippen LogP contribution < -0.4 is 10.1 Å². The summed E-state index contributed by atoms with van der Waals surface area (Å²) < 4.78 is 19.2. The average Bonchev–Trinajstić information content (AvgIpc) is 3.18. The molecule has 8 heteroatoms. The van der Waals surface area contributed by atoms with Gasteiger partial charge in [0.2, 0.25) is 0 Å². The van der Waals surface area contributed by atoms with Gasteiger partial charge in [0, 0.05) is 50.1 Å². The number of ether oxygens (including phenoxy) is 1. The van der Waals surface area contributed by atoms with Crippen molar-refractivity contribution >= 4 is 5.91 Å². The molecule has 2 heterocycles. The number of rotatable bonds is 8. The third-order valence-corrected chi connectivity index (χ3v) is 4.86. The van der Waals surface area contributed by atoms with E-state index in [1.165, 1.54) is 24.1 Å². The average molecular weight is 376 g/mol. The molecule has 146 valence electrons. The molecule has 27 heavy (non-hydrogen) atoms. The highest BCUT2D eigenvalue weighted by atomic mass is 19.1. The van der Waals surface area contributed by atoms with Gasteiger partial charge in [-0.15, -0.1) is 0 Å². The van der Waals surface area contributed by atoms with Crippen molar-refractivity contribution in [3.63, 3.8) is 0 Å². The van der Waals surface area contributed by atoms with Crippen LogP contribution in [0.2, 0.25) is 0 Å². The summed E-state index contributed by atoms with van der Waals surface area (Å²) in [7, 11) is 1.51. The van der Waals surface area contributed by atoms with Crippen molar-refractivity contribution in [3.8, 4) is 5.75 Å². The number of nitrogens with one attached hydrogen (secondary N) is 2. The van der Waals surface area contributed by atoms with Crippen LogP contribution in [0.1, 0.15) is 24.1 Å². The van der Waals surface area contributed by atoms with Gasteiger partial charge in [0.1, 0.15) is 11.6 Å². The van der Waals surface area contributed by atoms with Crippen LogP contribution in [0.15, 0.2) is 30.7 Å². The fourth-order valence-corrected chi connectivity index (χ4v) is 3.32. The maximum Gasteiger partial charge on any atom is 0.256 e. The Hall–Kier alpha value is -2.45. The first-order valence-corrected chi connectivity index (χ1v) is 9.04. The lowest BCUT2D eigenvalue weighted by Crippen LogP contribution is -2.57. The fraction of sp³-hybridized carbons (Fsp3) is 0.474. The molecule has 0 unspecified atom stereocenters. The van der Waals surface area contributed by atoms with E-state index in [4.69, 9.17) is 4.74 Å². The molecule has 1 aromatic heterocycles. The van der Waals surface area contributed by atoms with Crippen LogP contribution in [-0.2, 0) is 17.8 Å². The second-order valence-electron chi connectivity index (χ2n) is 6.82. The van der Waals surface area contributed by atoms with Gasteiger partial charge in [-0.1, -0.05) is 0 Å².